The predicted molar refractivity (Wildman–Crippen MR) is 106 cm³/mol. The van der Waals surface area contributed by atoms with E-state index in [2.05, 4.69) is 67.7 Å². The van der Waals surface area contributed by atoms with Gasteiger partial charge < -0.3 is 10.2 Å². The van der Waals surface area contributed by atoms with Gasteiger partial charge in [0.15, 0.2) is 5.82 Å². The molecule has 1 saturated heterocycles. The van der Waals surface area contributed by atoms with Crippen LogP contribution in [-0.4, -0.2) is 69.3 Å². The Balaban J connectivity index is 1.34. The lowest BCUT2D eigenvalue weighted by atomic mass is 10.0. The molecule has 7 heteroatoms. The van der Waals surface area contributed by atoms with Gasteiger partial charge in [-0.25, -0.2) is 4.98 Å². The van der Waals surface area contributed by atoms with Gasteiger partial charge in [-0.1, -0.05) is 30.3 Å². The first-order chi connectivity index (χ1) is 13.3. The molecule has 0 aliphatic carbocycles. The summed E-state index contributed by atoms with van der Waals surface area (Å²) >= 11 is 0. The van der Waals surface area contributed by atoms with Crippen LogP contribution in [0.25, 0.3) is 5.82 Å². The monoisotopic (exact) mass is 363 g/mol. The van der Waals surface area contributed by atoms with E-state index < -0.39 is 0 Å². The fourth-order valence-corrected chi connectivity index (χ4v) is 3.50. The zero-order valence-corrected chi connectivity index (χ0v) is 15.6. The predicted octanol–water partition coefficient (Wildman–Crippen LogP) is 2.06. The Morgan fingerprint density at radius 3 is 2.70 bits per heavy atom. The number of rotatable bonds is 6. The number of aromatic nitrogens is 4. The first kappa shape index (κ1) is 17.6. The third-order valence-electron chi connectivity index (χ3n) is 5.00. The summed E-state index contributed by atoms with van der Waals surface area (Å²) in [7, 11) is 2.20. The smallest absolute Gasteiger partial charge is 0.160 e. The summed E-state index contributed by atoms with van der Waals surface area (Å²) < 4.78 is 1.84. The number of hydrogen-bond donors (Lipinski definition) is 1. The normalized spacial score (nSPS) is 18.5. The molecule has 27 heavy (non-hydrogen) atoms. The minimum Gasteiger partial charge on any atom is -0.367 e. The highest BCUT2D eigenvalue weighted by Crippen LogP contribution is 2.24. The molecule has 0 bridgehead atoms. The quantitative estimate of drug-likeness (QED) is 0.723. The standard InChI is InChI=1S/C20H25N7/c1-25-13-14-26(18(15-25)17-5-3-2-4-6-17)12-10-22-19-7-8-20(24-23-19)27-11-9-21-16-27/h2-9,11,16,18H,10,12-15H2,1H3,(H,22,23). The maximum absolute atomic E-state index is 4.27. The summed E-state index contributed by atoms with van der Waals surface area (Å²) in [4.78, 5) is 8.99. The molecule has 2 aromatic heterocycles. The second-order valence-electron chi connectivity index (χ2n) is 6.90. The van der Waals surface area contributed by atoms with E-state index in [1.54, 1.807) is 12.5 Å². The van der Waals surface area contributed by atoms with Gasteiger partial charge in [-0.05, 0) is 24.7 Å². The molecule has 1 fully saturated rings. The first-order valence-electron chi connectivity index (χ1n) is 9.33. The Bertz CT molecular complexity index is 817. The Labute approximate surface area is 159 Å². The number of hydrogen-bond acceptors (Lipinski definition) is 6. The summed E-state index contributed by atoms with van der Waals surface area (Å²) in [5.41, 5.74) is 1.38. The van der Waals surface area contributed by atoms with E-state index in [1.807, 2.05) is 22.9 Å². The van der Waals surface area contributed by atoms with Crippen LogP contribution in [0.15, 0.2) is 61.2 Å². The van der Waals surface area contributed by atoms with Crippen LogP contribution < -0.4 is 5.32 Å². The van der Waals surface area contributed by atoms with Gasteiger partial charge in [-0.15, -0.1) is 10.2 Å². The van der Waals surface area contributed by atoms with Crippen LogP contribution in [0.1, 0.15) is 11.6 Å². The van der Waals surface area contributed by atoms with Crippen molar-refractivity contribution in [2.24, 2.45) is 0 Å². The second-order valence-corrected chi connectivity index (χ2v) is 6.90. The van der Waals surface area contributed by atoms with E-state index in [1.165, 1.54) is 5.56 Å². The first-order valence-corrected chi connectivity index (χ1v) is 9.33. The second kappa shape index (κ2) is 8.28. The van der Waals surface area contributed by atoms with E-state index in [0.29, 0.717) is 6.04 Å². The average Bonchev–Trinajstić information content (AvgIpc) is 3.25. The van der Waals surface area contributed by atoms with E-state index in [9.17, 15) is 0 Å². The van der Waals surface area contributed by atoms with Crippen LogP contribution in [0.3, 0.4) is 0 Å². The van der Waals surface area contributed by atoms with Crippen molar-refractivity contribution in [3.05, 3.63) is 66.7 Å². The molecule has 1 aliphatic heterocycles. The van der Waals surface area contributed by atoms with Crippen LogP contribution in [0, 0.1) is 0 Å². The van der Waals surface area contributed by atoms with Crippen molar-refractivity contribution in [3.63, 3.8) is 0 Å². The van der Waals surface area contributed by atoms with Crippen molar-refractivity contribution in [1.29, 1.82) is 0 Å². The van der Waals surface area contributed by atoms with Crippen LogP contribution in [0.2, 0.25) is 0 Å². The lowest BCUT2D eigenvalue weighted by Crippen LogP contribution is -2.48. The lowest BCUT2D eigenvalue weighted by molar-refractivity contribution is 0.0937. The Hall–Kier alpha value is -2.77. The number of nitrogens with one attached hydrogen (secondary N) is 1. The molecule has 4 rings (SSSR count). The number of piperazine rings is 1. The van der Waals surface area contributed by atoms with E-state index >= 15 is 0 Å². The Morgan fingerprint density at radius 2 is 1.96 bits per heavy atom. The minimum atomic E-state index is 0.432. The average molecular weight is 363 g/mol. The van der Waals surface area contributed by atoms with Crippen LogP contribution in [-0.2, 0) is 0 Å². The highest BCUT2D eigenvalue weighted by Gasteiger charge is 2.25. The fraction of sp³-hybridized carbons (Fsp3) is 0.350. The Morgan fingerprint density at radius 1 is 1.07 bits per heavy atom. The zero-order chi connectivity index (χ0) is 18.5. The van der Waals surface area contributed by atoms with Crippen molar-refractivity contribution in [3.8, 4) is 5.82 Å². The highest BCUT2D eigenvalue weighted by atomic mass is 15.3. The van der Waals surface area contributed by atoms with Crippen molar-refractivity contribution in [2.45, 2.75) is 6.04 Å². The van der Waals surface area contributed by atoms with Crippen LogP contribution in [0.5, 0.6) is 0 Å². The molecule has 1 aromatic carbocycles. The molecular weight excluding hydrogens is 338 g/mol. The minimum absolute atomic E-state index is 0.432. The fourth-order valence-electron chi connectivity index (χ4n) is 3.50. The molecule has 140 valence electrons. The van der Waals surface area contributed by atoms with Gasteiger partial charge >= 0.3 is 0 Å². The van der Waals surface area contributed by atoms with Gasteiger partial charge in [-0.2, -0.15) is 0 Å². The lowest BCUT2D eigenvalue weighted by Gasteiger charge is -2.40. The Kier molecular flexibility index (Phi) is 5.41. The number of benzene rings is 1. The third-order valence-corrected chi connectivity index (χ3v) is 5.00. The molecule has 1 N–H and O–H groups in total. The molecule has 0 radical (unpaired) electrons. The van der Waals surface area contributed by atoms with E-state index in [0.717, 1.165) is 44.4 Å². The van der Waals surface area contributed by atoms with Crippen LogP contribution >= 0.6 is 0 Å². The van der Waals surface area contributed by atoms with E-state index in [-0.39, 0.29) is 0 Å². The number of imidazole rings is 1. The summed E-state index contributed by atoms with van der Waals surface area (Å²) in [6.45, 7) is 5.04. The van der Waals surface area contributed by atoms with Crippen molar-refractivity contribution in [2.75, 3.05) is 45.1 Å². The maximum Gasteiger partial charge on any atom is 0.160 e. The zero-order valence-electron chi connectivity index (χ0n) is 15.6. The molecule has 3 heterocycles. The highest BCUT2D eigenvalue weighted by molar-refractivity contribution is 5.36. The van der Waals surface area contributed by atoms with Crippen molar-refractivity contribution in [1.82, 2.24) is 29.5 Å². The summed E-state index contributed by atoms with van der Waals surface area (Å²) in [6, 6.07) is 15.1. The van der Waals surface area contributed by atoms with Crippen molar-refractivity contribution >= 4 is 5.82 Å². The maximum atomic E-state index is 4.27. The largest absolute Gasteiger partial charge is 0.367 e. The van der Waals surface area contributed by atoms with Gasteiger partial charge in [0.05, 0.1) is 0 Å². The van der Waals surface area contributed by atoms with Gasteiger partial charge in [0, 0.05) is 51.2 Å². The molecule has 1 atom stereocenters. The SMILES string of the molecule is CN1CCN(CCNc2ccc(-n3ccnc3)nn2)C(c2ccccc2)C1. The molecule has 0 amide bonds. The van der Waals surface area contributed by atoms with Gasteiger partial charge in [-0.3, -0.25) is 9.47 Å². The van der Waals surface area contributed by atoms with Gasteiger partial charge in [0.25, 0.3) is 0 Å². The number of anilines is 1. The van der Waals surface area contributed by atoms with E-state index in [4.69, 9.17) is 0 Å². The molecule has 0 saturated carbocycles. The molecular formula is C20H25N7. The molecule has 1 unspecified atom stereocenters. The molecule has 3 aromatic rings. The summed E-state index contributed by atoms with van der Waals surface area (Å²) in [5.74, 6) is 1.56. The molecule has 7 nitrogen and oxygen atoms in total. The number of likely N-dealkylation sites (N-methyl/N-ethyl adjacent to an activating group) is 1. The third kappa shape index (κ3) is 4.32. The van der Waals surface area contributed by atoms with Crippen molar-refractivity contribution < 1.29 is 0 Å². The van der Waals surface area contributed by atoms with Gasteiger partial charge in [0.2, 0.25) is 0 Å². The molecule has 1 aliphatic rings. The summed E-state index contributed by atoms with van der Waals surface area (Å²) in [5, 5.41) is 11.9. The summed E-state index contributed by atoms with van der Waals surface area (Å²) in [6.07, 6.45) is 5.30. The number of nitrogens with zero attached hydrogens (tertiary/aromatic N) is 6. The topological polar surface area (TPSA) is 62.1 Å². The van der Waals surface area contributed by atoms with Crippen LogP contribution in [0.4, 0.5) is 5.82 Å². The van der Waals surface area contributed by atoms with Gasteiger partial charge in [0.1, 0.15) is 12.1 Å². The molecule has 0 spiro atoms.